The summed E-state index contributed by atoms with van der Waals surface area (Å²) in [5.74, 6) is 0.601. The molecule has 0 aromatic rings. The van der Waals surface area contributed by atoms with Gasteiger partial charge in [0.15, 0.2) is 9.84 Å². The average molecular weight is 174 g/mol. The zero-order valence-electron chi connectivity index (χ0n) is 7.16. The molecule has 11 heavy (non-hydrogen) atoms. The Bertz CT molecular complexity index is 272. The molecule has 0 N–H and O–H groups in total. The van der Waals surface area contributed by atoms with Gasteiger partial charge in [-0.1, -0.05) is 25.5 Å². The number of rotatable bonds is 1. The summed E-state index contributed by atoms with van der Waals surface area (Å²) in [6.07, 6.45) is 1.85. The van der Waals surface area contributed by atoms with Crippen LogP contribution in [-0.2, 0) is 9.84 Å². The Morgan fingerprint density at radius 1 is 1.55 bits per heavy atom. The van der Waals surface area contributed by atoms with Gasteiger partial charge in [0.2, 0.25) is 0 Å². The van der Waals surface area contributed by atoms with Gasteiger partial charge in [0.05, 0.1) is 11.0 Å². The molecule has 0 aliphatic carbocycles. The Morgan fingerprint density at radius 2 is 2.09 bits per heavy atom. The topological polar surface area (TPSA) is 34.1 Å². The van der Waals surface area contributed by atoms with Crippen LogP contribution in [0.4, 0.5) is 0 Å². The molecule has 64 valence electrons. The van der Waals surface area contributed by atoms with Crippen LogP contribution in [0.5, 0.6) is 0 Å². The molecule has 0 aromatic heterocycles. The normalized spacial score (nSPS) is 29.1. The first-order valence-electron chi connectivity index (χ1n) is 3.86. The van der Waals surface area contributed by atoms with Crippen molar-refractivity contribution < 1.29 is 8.42 Å². The molecule has 0 aromatic carbocycles. The van der Waals surface area contributed by atoms with Gasteiger partial charge in [0.1, 0.15) is 0 Å². The van der Waals surface area contributed by atoms with E-state index in [1.54, 1.807) is 6.92 Å². The first kappa shape index (κ1) is 8.78. The summed E-state index contributed by atoms with van der Waals surface area (Å²) < 4.78 is 22.4. The highest BCUT2D eigenvalue weighted by Crippen LogP contribution is 2.26. The first-order chi connectivity index (χ1) is 4.95. The second kappa shape index (κ2) is 2.63. The molecule has 1 atom stereocenters. The molecule has 1 rings (SSSR count). The van der Waals surface area contributed by atoms with E-state index in [2.05, 4.69) is 0 Å². The molecule has 1 aliphatic heterocycles. The molecule has 2 nitrogen and oxygen atoms in total. The molecule has 0 bridgehead atoms. The van der Waals surface area contributed by atoms with Crippen molar-refractivity contribution in [1.29, 1.82) is 0 Å². The lowest BCUT2D eigenvalue weighted by molar-refractivity contribution is 0.591. The zero-order valence-corrected chi connectivity index (χ0v) is 7.98. The lowest BCUT2D eigenvalue weighted by atomic mass is 10.0. The SMILES string of the molecule is CC(C)C1=CCS(=O)(=O)C1C. The molecule has 1 unspecified atom stereocenters. The molecule has 0 amide bonds. The van der Waals surface area contributed by atoms with Crippen LogP contribution in [0.25, 0.3) is 0 Å². The third-order valence-electron chi connectivity index (χ3n) is 2.23. The molecule has 0 radical (unpaired) electrons. The number of hydrogen-bond donors (Lipinski definition) is 0. The van der Waals surface area contributed by atoms with Crippen molar-refractivity contribution in [3.63, 3.8) is 0 Å². The smallest absolute Gasteiger partial charge is 0.160 e. The summed E-state index contributed by atoms with van der Waals surface area (Å²) in [7, 11) is -2.81. The fourth-order valence-corrected chi connectivity index (χ4v) is 2.93. The van der Waals surface area contributed by atoms with Gasteiger partial charge < -0.3 is 0 Å². The van der Waals surface area contributed by atoms with Gasteiger partial charge in [0.25, 0.3) is 0 Å². The van der Waals surface area contributed by atoms with Crippen LogP contribution < -0.4 is 0 Å². The van der Waals surface area contributed by atoms with Crippen molar-refractivity contribution in [2.75, 3.05) is 5.75 Å². The van der Waals surface area contributed by atoms with Gasteiger partial charge in [-0.05, 0) is 12.8 Å². The zero-order chi connectivity index (χ0) is 8.65. The average Bonchev–Trinajstić information content (AvgIpc) is 2.09. The van der Waals surface area contributed by atoms with E-state index in [1.807, 2.05) is 19.9 Å². The van der Waals surface area contributed by atoms with Gasteiger partial charge in [-0.2, -0.15) is 0 Å². The summed E-state index contributed by atoms with van der Waals surface area (Å²) in [5.41, 5.74) is 1.07. The standard InChI is InChI=1S/C8H14O2S/c1-6(2)8-4-5-11(9,10)7(8)3/h4,6-7H,5H2,1-3H3. The third kappa shape index (κ3) is 1.48. The van der Waals surface area contributed by atoms with Crippen LogP contribution in [0.1, 0.15) is 20.8 Å². The molecule has 1 heterocycles. The molecule has 0 fully saturated rings. The molecule has 3 heteroatoms. The quantitative estimate of drug-likeness (QED) is 0.563. The lowest BCUT2D eigenvalue weighted by Crippen LogP contribution is -2.17. The molecular weight excluding hydrogens is 160 g/mol. The minimum absolute atomic E-state index is 0.238. The largest absolute Gasteiger partial charge is 0.228 e. The Hall–Kier alpha value is -0.310. The predicted molar refractivity (Wildman–Crippen MR) is 46.2 cm³/mol. The summed E-state index contributed by atoms with van der Waals surface area (Å²) in [4.78, 5) is 0. The van der Waals surface area contributed by atoms with Crippen molar-refractivity contribution in [2.45, 2.75) is 26.0 Å². The molecule has 0 spiro atoms. The van der Waals surface area contributed by atoms with Crippen molar-refractivity contribution in [3.8, 4) is 0 Å². The van der Waals surface area contributed by atoms with Crippen LogP contribution in [0, 0.1) is 5.92 Å². The van der Waals surface area contributed by atoms with Crippen LogP contribution >= 0.6 is 0 Å². The van der Waals surface area contributed by atoms with Gasteiger partial charge >= 0.3 is 0 Å². The fraction of sp³-hybridized carbons (Fsp3) is 0.750. The van der Waals surface area contributed by atoms with E-state index in [0.717, 1.165) is 5.57 Å². The molecule has 1 aliphatic rings. The minimum atomic E-state index is -2.81. The maximum atomic E-state index is 11.2. The van der Waals surface area contributed by atoms with E-state index in [9.17, 15) is 8.42 Å². The van der Waals surface area contributed by atoms with Crippen LogP contribution in [-0.4, -0.2) is 19.4 Å². The third-order valence-corrected chi connectivity index (χ3v) is 4.21. The summed E-state index contributed by atoms with van der Waals surface area (Å²) in [5, 5.41) is -0.248. The van der Waals surface area contributed by atoms with Crippen LogP contribution in [0.3, 0.4) is 0 Å². The summed E-state index contributed by atoms with van der Waals surface area (Å²) >= 11 is 0. The van der Waals surface area contributed by atoms with E-state index in [0.29, 0.717) is 5.92 Å². The van der Waals surface area contributed by atoms with Gasteiger partial charge in [-0.25, -0.2) is 8.42 Å². The Balaban J connectivity index is 2.92. The van der Waals surface area contributed by atoms with Crippen molar-refractivity contribution >= 4 is 9.84 Å². The van der Waals surface area contributed by atoms with E-state index in [4.69, 9.17) is 0 Å². The molecular formula is C8H14O2S. The maximum Gasteiger partial charge on any atom is 0.160 e. The highest BCUT2D eigenvalue weighted by atomic mass is 32.2. The van der Waals surface area contributed by atoms with E-state index < -0.39 is 9.84 Å². The monoisotopic (exact) mass is 174 g/mol. The number of sulfone groups is 1. The second-order valence-electron chi connectivity index (χ2n) is 3.33. The van der Waals surface area contributed by atoms with E-state index in [-0.39, 0.29) is 11.0 Å². The summed E-state index contributed by atoms with van der Waals surface area (Å²) in [6.45, 7) is 5.83. The molecule has 0 saturated carbocycles. The van der Waals surface area contributed by atoms with E-state index >= 15 is 0 Å². The van der Waals surface area contributed by atoms with Crippen LogP contribution in [0.15, 0.2) is 11.6 Å². The summed E-state index contributed by atoms with van der Waals surface area (Å²) in [6, 6.07) is 0. The van der Waals surface area contributed by atoms with Crippen LogP contribution in [0.2, 0.25) is 0 Å². The Morgan fingerprint density at radius 3 is 2.27 bits per heavy atom. The Labute approximate surface area is 68.2 Å². The fourth-order valence-electron chi connectivity index (χ4n) is 1.44. The second-order valence-corrected chi connectivity index (χ2v) is 5.70. The highest BCUT2D eigenvalue weighted by molar-refractivity contribution is 7.92. The van der Waals surface area contributed by atoms with Gasteiger partial charge in [-0.15, -0.1) is 0 Å². The minimum Gasteiger partial charge on any atom is -0.228 e. The van der Waals surface area contributed by atoms with Crippen molar-refractivity contribution in [1.82, 2.24) is 0 Å². The predicted octanol–water partition coefficient (Wildman–Crippen LogP) is 1.39. The first-order valence-corrected chi connectivity index (χ1v) is 5.58. The lowest BCUT2D eigenvalue weighted by Gasteiger charge is -2.11. The molecule has 0 saturated heterocycles. The number of hydrogen-bond acceptors (Lipinski definition) is 2. The van der Waals surface area contributed by atoms with Crippen molar-refractivity contribution in [2.24, 2.45) is 5.92 Å². The highest BCUT2D eigenvalue weighted by Gasteiger charge is 2.30. The van der Waals surface area contributed by atoms with E-state index in [1.165, 1.54) is 0 Å². The maximum absolute atomic E-state index is 11.2. The van der Waals surface area contributed by atoms with Gasteiger partial charge in [-0.3, -0.25) is 0 Å². The Kier molecular flexibility index (Phi) is 2.10. The van der Waals surface area contributed by atoms with Crippen molar-refractivity contribution in [3.05, 3.63) is 11.6 Å². The van der Waals surface area contributed by atoms with Gasteiger partial charge in [0, 0.05) is 0 Å².